The Labute approximate surface area is 262 Å². The van der Waals surface area contributed by atoms with Crippen LogP contribution in [0.3, 0.4) is 0 Å². The second kappa shape index (κ2) is 13.4. The summed E-state index contributed by atoms with van der Waals surface area (Å²) >= 11 is 12.3. The summed E-state index contributed by atoms with van der Waals surface area (Å²) in [6.07, 6.45) is 2.29. The van der Waals surface area contributed by atoms with Crippen molar-refractivity contribution in [3.05, 3.63) is 69.2 Å². The summed E-state index contributed by atoms with van der Waals surface area (Å²) in [6, 6.07) is 8.72. The Bertz CT molecular complexity index is 1390. The molecule has 2 aromatic rings. The van der Waals surface area contributed by atoms with E-state index >= 15 is 8.78 Å². The number of halogens is 4. The molecule has 43 heavy (non-hydrogen) atoms. The number of carbonyl (C=O) groups is 2. The number of likely N-dealkylation sites (tertiary alicyclic amines) is 1. The fraction of sp³-hybridized carbons (Fsp3) is 0.531. The lowest BCUT2D eigenvalue weighted by atomic mass is 9.62. The molecule has 0 spiro atoms. The molecule has 2 aliphatic heterocycles. The molecule has 0 aliphatic carbocycles. The summed E-state index contributed by atoms with van der Waals surface area (Å²) in [5.74, 6) is -3.02. The van der Waals surface area contributed by atoms with Gasteiger partial charge in [0.2, 0.25) is 5.91 Å². The number of rotatable bonds is 7. The molecule has 4 rings (SSSR count). The predicted molar refractivity (Wildman–Crippen MR) is 164 cm³/mol. The number of nitriles is 1. The van der Waals surface area contributed by atoms with Crippen molar-refractivity contribution >= 4 is 35.1 Å². The van der Waals surface area contributed by atoms with Gasteiger partial charge in [0.25, 0.3) is 0 Å². The van der Waals surface area contributed by atoms with Gasteiger partial charge >= 0.3 is 6.03 Å². The summed E-state index contributed by atoms with van der Waals surface area (Å²) in [5.41, 5.74) is -1.94. The smallest absolute Gasteiger partial charge is 0.317 e. The fourth-order valence-electron chi connectivity index (χ4n) is 6.42. The molecule has 3 N–H and O–H groups in total. The van der Waals surface area contributed by atoms with Gasteiger partial charge < -0.3 is 20.9 Å². The minimum absolute atomic E-state index is 0.0345. The Kier molecular flexibility index (Phi) is 10.3. The van der Waals surface area contributed by atoms with E-state index in [1.807, 2.05) is 27.7 Å². The number of hydrogen-bond acceptors (Lipinski definition) is 4. The average molecular weight is 635 g/mol. The van der Waals surface area contributed by atoms with Crippen LogP contribution in [0.1, 0.15) is 70.4 Å². The highest BCUT2D eigenvalue weighted by Gasteiger charge is 2.61. The molecule has 7 nitrogen and oxygen atoms in total. The molecule has 2 saturated heterocycles. The molecule has 0 aromatic heterocycles. The second-order valence-corrected chi connectivity index (χ2v) is 13.5. The van der Waals surface area contributed by atoms with Crippen LogP contribution in [0, 0.1) is 28.4 Å². The summed E-state index contributed by atoms with van der Waals surface area (Å²) in [7, 11) is 0. The molecule has 0 unspecified atom stereocenters. The van der Waals surface area contributed by atoms with Crippen LogP contribution >= 0.6 is 23.2 Å². The number of nitrogens with one attached hydrogen (secondary N) is 3. The fourth-order valence-corrected chi connectivity index (χ4v) is 6.76. The molecule has 232 valence electrons. The predicted octanol–water partition coefficient (Wildman–Crippen LogP) is 6.29. The number of nitrogens with zero attached hydrogens (tertiary/aromatic N) is 2. The maximum atomic E-state index is 15.8. The van der Waals surface area contributed by atoms with E-state index in [4.69, 9.17) is 23.2 Å². The van der Waals surface area contributed by atoms with Crippen molar-refractivity contribution in [2.24, 2.45) is 5.41 Å². The first-order chi connectivity index (χ1) is 20.3. The van der Waals surface area contributed by atoms with Gasteiger partial charge in [0.1, 0.15) is 17.0 Å². The van der Waals surface area contributed by atoms with Gasteiger partial charge in [-0.3, -0.25) is 4.79 Å². The Morgan fingerprint density at radius 1 is 1.16 bits per heavy atom. The van der Waals surface area contributed by atoms with Crippen LogP contribution in [0.4, 0.5) is 13.6 Å². The number of benzene rings is 2. The highest BCUT2D eigenvalue weighted by atomic mass is 35.5. The molecule has 2 aliphatic rings. The van der Waals surface area contributed by atoms with Crippen LogP contribution < -0.4 is 16.0 Å². The molecular weight excluding hydrogens is 595 g/mol. The Morgan fingerprint density at radius 2 is 1.86 bits per heavy atom. The molecule has 4 atom stereocenters. The highest BCUT2D eigenvalue weighted by Crippen LogP contribution is 2.52. The van der Waals surface area contributed by atoms with Gasteiger partial charge in [0.05, 0.1) is 17.1 Å². The highest BCUT2D eigenvalue weighted by molar-refractivity contribution is 6.31. The number of urea groups is 1. The lowest BCUT2D eigenvalue weighted by Gasteiger charge is -2.37. The lowest BCUT2D eigenvalue weighted by molar-refractivity contribution is -0.124. The zero-order valence-corrected chi connectivity index (χ0v) is 26.5. The maximum absolute atomic E-state index is 15.8. The van der Waals surface area contributed by atoms with E-state index in [0.29, 0.717) is 38.9 Å². The monoisotopic (exact) mass is 633 g/mol. The van der Waals surface area contributed by atoms with Crippen LogP contribution in [0.25, 0.3) is 0 Å². The Balaban J connectivity index is 1.74. The van der Waals surface area contributed by atoms with Crippen molar-refractivity contribution in [2.45, 2.75) is 82.8 Å². The van der Waals surface area contributed by atoms with E-state index < -0.39 is 41.0 Å². The molecular formula is C32H39Cl2F2N5O2. The zero-order valence-electron chi connectivity index (χ0n) is 24.9. The molecule has 3 amide bonds. The van der Waals surface area contributed by atoms with Crippen molar-refractivity contribution in [3.8, 4) is 6.07 Å². The van der Waals surface area contributed by atoms with Crippen molar-refractivity contribution in [2.75, 3.05) is 19.6 Å². The molecule has 2 heterocycles. The molecule has 2 fully saturated rings. The van der Waals surface area contributed by atoms with Crippen molar-refractivity contribution in [3.63, 3.8) is 0 Å². The van der Waals surface area contributed by atoms with Crippen molar-refractivity contribution < 1.29 is 18.4 Å². The third-order valence-corrected chi connectivity index (χ3v) is 8.91. The van der Waals surface area contributed by atoms with Crippen LogP contribution in [0.5, 0.6) is 0 Å². The van der Waals surface area contributed by atoms with E-state index in [2.05, 4.69) is 22.0 Å². The summed E-state index contributed by atoms with van der Waals surface area (Å²) in [4.78, 5) is 28.2. The standard InChI is InChI=1S/C32H39Cl2F2N5O2/c1-5-13-38-30(43)41-14-11-20(12-15-41)39-29(42)28-26(21-7-6-8-23(34)27(21)36)32(18-37,25(40-28)17-31(2,3)4)22-10-9-19(33)16-24(22)35/h6-10,16,20,25-26,28,40H,5,11-15,17H2,1-4H3,(H,38,43)(H,39,42)/t25-,26-,28+,32-/m0/s1. The number of amides is 3. The van der Waals surface area contributed by atoms with E-state index in [-0.39, 0.29) is 38.7 Å². The van der Waals surface area contributed by atoms with Gasteiger partial charge in [-0.25, -0.2) is 13.6 Å². The van der Waals surface area contributed by atoms with Crippen molar-refractivity contribution in [1.82, 2.24) is 20.9 Å². The minimum Gasteiger partial charge on any atom is -0.352 e. The molecule has 2 aromatic carbocycles. The van der Waals surface area contributed by atoms with Crippen LogP contribution in [0.2, 0.25) is 10.0 Å². The summed E-state index contributed by atoms with van der Waals surface area (Å²) < 4.78 is 31.6. The SMILES string of the molecule is CCCNC(=O)N1CCC(NC(=O)[C@@H]2N[C@@H](CC(C)(C)C)[C@](C#N)(c3ccc(Cl)cc3F)[C@H]2c2cccc(Cl)c2F)CC1. The van der Waals surface area contributed by atoms with E-state index in [1.54, 1.807) is 11.0 Å². The third-order valence-electron chi connectivity index (χ3n) is 8.39. The normalized spacial score (nSPS) is 24.4. The topological polar surface area (TPSA) is 97.3 Å². The van der Waals surface area contributed by atoms with Gasteiger partial charge in [0.15, 0.2) is 0 Å². The molecule has 0 radical (unpaired) electrons. The van der Waals surface area contributed by atoms with Crippen LogP contribution in [0.15, 0.2) is 36.4 Å². The quantitative estimate of drug-likeness (QED) is 0.334. The first-order valence-corrected chi connectivity index (χ1v) is 15.5. The second-order valence-electron chi connectivity index (χ2n) is 12.7. The molecule has 0 bridgehead atoms. The summed E-state index contributed by atoms with van der Waals surface area (Å²) in [5, 5.41) is 20.3. The zero-order chi connectivity index (χ0) is 31.5. The van der Waals surface area contributed by atoms with Crippen LogP contribution in [-0.2, 0) is 10.2 Å². The number of piperidine rings is 1. The van der Waals surface area contributed by atoms with E-state index in [1.165, 1.54) is 24.3 Å². The number of hydrogen-bond donors (Lipinski definition) is 3. The van der Waals surface area contributed by atoms with Gasteiger partial charge in [0, 0.05) is 48.2 Å². The minimum atomic E-state index is -1.68. The maximum Gasteiger partial charge on any atom is 0.317 e. The Morgan fingerprint density at radius 3 is 2.47 bits per heavy atom. The van der Waals surface area contributed by atoms with Gasteiger partial charge in [-0.2, -0.15) is 5.26 Å². The first-order valence-electron chi connectivity index (χ1n) is 14.7. The van der Waals surface area contributed by atoms with Crippen LogP contribution in [-0.4, -0.2) is 54.6 Å². The lowest BCUT2D eigenvalue weighted by Crippen LogP contribution is -2.53. The van der Waals surface area contributed by atoms with E-state index in [0.717, 1.165) is 12.5 Å². The van der Waals surface area contributed by atoms with Gasteiger partial charge in [-0.1, -0.05) is 69.1 Å². The van der Waals surface area contributed by atoms with Gasteiger partial charge in [-0.15, -0.1) is 0 Å². The van der Waals surface area contributed by atoms with Crippen molar-refractivity contribution in [1.29, 1.82) is 5.26 Å². The molecule has 0 saturated carbocycles. The average Bonchev–Trinajstić information content (AvgIpc) is 3.26. The number of carbonyl (C=O) groups excluding carboxylic acids is 2. The summed E-state index contributed by atoms with van der Waals surface area (Å²) in [6.45, 7) is 9.47. The third kappa shape index (κ3) is 6.92. The largest absolute Gasteiger partial charge is 0.352 e. The van der Waals surface area contributed by atoms with Gasteiger partial charge in [-0.05, 0) is 54.9 Å². The molecule has 11 heteroatoms. The first kappa shape index (κ1) is 33.0. The van der Waals surface area contributed by atoms with E-state index in [9.17, 15) is 14.9 Å². The Hall–Kier alpha value is -2.93.